The van der Waals surface area contributed by atoms with Gasteiger partial charge in [-0.3, -0.25) is 4.79 Å². The van der Waals surface area contributed by atoms with Crippen molar-refractivity contribution in [3.8, 4) is 5.69 Å². The van der Waals surface area contributed by atoms with Crippen LogP contribution in [-0.2, 0) is 9.53 Å². The quantitative estimate of drug-likeness (QED) is 0.656. The van der Waals surface area contributed by atoms with Crippen LogP contribution in [0.25, 0.3) is 5.69 Å². The molecule has 0 spiro atoms. The Morgan fingerprint density at radius 1 is 1.26 bits per heavy atom. The molecule has 2 rings (SSSR count). The number of anilines is 1. The largest absolute Gasteiger partial charge is 0.462 e. The SMILES string of the molecule is CCOC(=O)c1cnn(-c2ccccc2)c1NC(=O)C(Cl)(Cl)Cl. The maximum Gasteiger partial charge on any atom is 0.343 e. The van der Waals surface area contributed by atoms with E-state index < -0.39 is 15.7 Å². The number of para-hydroxylation sites is 1. The summed E-state index contributed by atoms with van der Waals surface area (Å²) in [7, 11) is 0. The van der Waals surface area contributed by atoms with Gasteiger partial charge in [-0.2, -0.15) is 5.10 Å². The number of esters is 1. The van der Waals surface area contributed by atoms with Crippen LogP contribution in [0.2, 0.25) is 0 Å². The molecule has 1 aromatic heterocycles. The van der Waals surface area contributed by atoms with Gasteiger partial charge in [0.25, 0.3) is 9.70 Å². The molecule has 0 saturated heterocycles. The zero-order chi connectivity index (χ0) is 17.0. The Hall–Kier alpha value is -1.76. The molecule has 0 atom stereocenters. The van der Waals surface area contributed by atoms with E-state index in [1.165, 1.54) is 10.9 Å². The molecule has 0 bridgehead atoms. The summed E-state index contributed by atoms with van der Waals surface area (Å²) >= 11 is 16.7. The minimum absolute atomic E-state index is 0.0540. The van der Waals surface area contributed by atoms with Crippen LogP contribution in [0.3, 0.4) is 0 Å². The summed E-state index contributed by atoms with van der Waals surface area (Å²) in [4.78, 5) is 24.0. The number of amides is 1. The number of alkyl halides is 3. The second kappa shape index (κ2) is 7.21. The summed E-state index contributed by atoms with van der Waals surface area (Å²) in [5.41, 5.74) is 0.668. The average Bonchev–Trinajstić information content (AvgIpc) is 2.91. The van der Waals surface area contributed by atoms with E-state index in [-0.39, 0.29) is 18.0 Å². The Labute approximate surface area is 147 Å². The molecule has 0 saturated carbocycles. The topological polar surface area (TPSA) is 73.2 Å². The highest BCUT2D eigenvalue weighted by Crippen LogP contribution is 2.29. The predicted molar refractivity (Wildman–Crippen MR) is 88.4 cm³/mol. The van der Waals surface area contributed by atoms with Crippen molar-refractivity contribution in [3.63, 3.8) is 0 Å². The highest BCUT2D eigenvalue weighted by Gasteiger charge is 2.33. The Bertz CT molecular complexity index is 711. The predicted octanol–water partition coefficient (Wildman–Crippen LogP) is 3.36. The molecule has 23 heavy (non-hydrogen) atoms. The lowest BCUT2D eigenvalue weighted by molar-refractivity contribution is -0.115. The van der Waals surface area contributed by atoms with E-state index in [1.807, 2.05) is 6.07 Å². The number of rotatable bonds is 4. The van der Waals surface area contributed by atoms with E-state index in [4.69, 9.17) is 39.5 Å². The Morgan fingerprint density at radius 3 is 2.48 bits per heavy atom. The van der Waals surface area contributed by atoms with Crippen molar-refractivity contribution in [3.05, 3.63) is 42.1 Å². The Balaban J connectivity index is 2.48. The van der Waals surface area contributed by atoms with Crippen molar-refractivity contribution in [2.75, 3.05) is 11.9 Å². The summed E-state index contributed by atoms with van der Waals surface area (Å²) in [6.45, 7) is 1.84. The molecule has 0 radical (unpaired) electrons. The van der Waals surface area contributed by atoms with Crippen molar-refractivity contribution in [1.29, 1.82) is 0 Å². The van der Waals surface area contributed by atoms with Crippen LogP contribution < -0.4 is 5.32 Å². The molecule has 9 heteroatoms. The zero-order valence-electron chi connectivity index (χ0n) is 11.9. The van der Waals surface area contributed by atoms with Crippen LogP contribution in [0.15, 0.2) is 36.5 Å². The minimum atomic E-state index is -2.18. The Morgan fingerprint density at radius 2 is 1.91 bits per heavy atom. The average molecular weight is 377 g/mol. The number of nitrogens with zero attached hydrogens (tertiary/aromatic N) is 2. The first-order chi connectivity index (χ1) is 10.8. The number of hydrogen-bond acceptors (Lipinski definition) is 4. The number of hydrogen-bond donors (Lipinski definition) is 1. The molecule has 122 valence electrons. The van der Waals surface area contributed by atoms with Gasteiger partial charge in [0.15, 0.2) is 5.82 Å². The molecule has 6 nitrogen and oxygen atoms in total. The van der Waals surface area contributed by atoms with Gasteiger partial charge in [-0.1, -0.05) is 53.0 Å². The van der Waals surface area contributed by atoms with Gasteiger partial charge in [0, 0.05) is 0 Å². The van der Waals surface area contributed by atoms with Crippen LogP contribution in [0.1, 0.15) is 17.3 Å². The summed E-state index contributed by atoms with van der Waals surface area (Å²) in [6.07, 6.45) is 1.28. The van der Waals surface area contributed by atoms with Gasteiger partial charge in [0.2, 0.25) is 0 Å². The summed E-state index contributed by atoms with van der Waals surface area (Å²) < 4.78 is 4.11. The number of nitrogens with one attached hydrogen (secondary N) is 1. The third kappa shape index (κ3) is 4.16. The van der Waals surface area contributed by atoms with Crippen molar-refractivity contribution in [2.24, 2.45) is 0 Å². The normalized spacial score (nSPS) is 11.1. The third-order valence-corrected chi connectivity index (χ3v) is 3.27. The van der Waals surface area contributed by atoms with Gasteiger partial charge in [0.05, 0.1) is 18.5 Å². The van der Waals surface area contributed by atoms with Crippen LogP contribution >= 0.6 is 34.8 Å². The maximum absolute atomic E-state index is 12.0. The van der Waals surface area contributed by atoms with Gasteiger partial charge in [-0.05, 0) is 19.1 Å². The summed E-state index contributed by atoms with van der Waals surface area (Å²) in [5.74, 6) is -1.49. The molecular weight excluding hydrogens is 365 g/mol. The molecular formula is C14H12Cl3N3O3. The lowest BCUT2D eigenvalue weighted by Gasteiger charge is -2.14. The third-order valence-electron chi connectivity index (χ3n) is 2.75. The second-order valence-corrected chi connectivity index (χ2v) is 6.61. The van der Waals surface area contributed by atoms with Gasteiger partial charge in [0.1, 0.15) is 5.56 Å². The molecule has 1 aromatic carbocycles. The molecule has 1 amide bonds. The number of carbonyl (C=O) groups is 2. The lowest BCUT2D eigenvalue weighted by atomic mass is 10.3. The minimum Gasteiger partial charge on any atom is -0.462 e. The van der Waals surface area contributed by atoms with Crippen LogP contribution in [0.5, 0.6) is 0 Å². The zero-order valence-corrected chi connectivity index (χ0v) is 14.2. The van der Waals surface area contributed by atoms with Gasteiger partial charge in [-0.15, -0.1) is 0 Å². The number of benzene rings is 1. The number of aromatic nitrogens is 2. The fraction of sp³-hybridized carbons (Fsp3) is 0.214. The van der Waals surface area contributed by atoms with E-state index in [2.05, 4.69) is 10.4 Å². The summed E-state index contributed by atoms with van der Waals surface area (Å²) in [5, 5.41) is 6.50. The number of halogens is 3. The standard InChI is InChI=1S/C14H12Cl3N3O3/c1-2-23-12(21)10-8-18-20(9-6-4-3-5-7-9)11(10)19-13(22)14(15,16)17/h3-8H,2H2,1H3,(H,19,22). The van der Waals surface area contributed by atoms with Gasteiger partial charge in [-0.25, -0.2) is 9.48 Å². The van der Waals surface area contributed by atoms with Crippen molar-refractivity contribution in [2.45, 2.75) is 10.7 Å². The van der Waals surface area contributed by atoms with Crippen molar-refractivity contribution < 1.29 is 14.3 Å². The van der Waals surface area contributed by atoms with E-state index in [1.54, 1.807) is 31.2 Å². The number of ether oxygens (including phenoxy) is 1. The molecule has 0 aliphatic rings. The highest BCUT2D eigenvalue weighted by atomic mass is 35.6. The summed E-state index contributed by atoms with van der Waals surface area (Å²) in [6, 6.07) is 8.86. The van der Waals surface area contributed by atoms with Crippen LogP contribution in [-0.4, -0.2) is 32.1 Å². The monoisotopic (exact) mass is 375 g/mol. The first-order valence-corrected chi connectivity index (χ1v) is 7.66. The van der Waals surface area contributed by atoms with Crippen molar-refractivity contribution >= 4 is 52.5 Å². The smallest absolute Gasteiger partial charge is 0.343 e. The lowest BCUT2D eigenvalue weighted by Crippen LogP contribution is -2.29. The molecule has 2 aromatic rings. The molecule has 0 aliphatic heterocycles. The van der Waals surface area contributed by atoms with E-state index >= 15 is 0 Å². The molecule has 1 heterocycles. The number of carbonyl (C=O) groups excluding carboxylic acids is 2. The van der Waals surface area contributed by atoms with Crippen molar-refractivity contribution in [1.82, 2.24) is 9.78 Å². The van der Waals surface area contributed by atoms with E-state index in [0.29, 0.717) is 5.69 Å². The van der Waals surface area contributed by atoms with E-state index in [9.17, 15) is 9.59 Å². The second-order valence-electron chi connectivity index (χ2n) is 4.33. The molecule has 1 N–H and O–H groups in total. The molecule has 0 aliphatic carbocycles. The van der Waals surface area contributed by atoms with Gasteiger partial charge >= 0.3 is 5.97 Å². The van der Waals surface area contributed by atoms with Crippen LogP contribution in [0.4, 0.5) is 5.82 Å². The fourth-order valence-corrected chi connectivity index (χ4v) is 1.91. The van der Waals surface area contributed by atoms with E-state index in [0.717, 1.165) is 0 Å². The van der Waals surface area contributed by atoms with Crippen LogP contribution in [0, 0.1) is 0 Å². The maximum atomic E-state index is 12.0. The first-order valence-electron chi connectivity index (χ1n) is 6.53. The Kier molecular flexibility index (Phi) is 5.51. The highest BCUT2D eigenvalue weighted by molar-refractivity contribution is 6.76. The van der Waals surface area contributed by atoms with Gasteiger partial charge < -0.3 is 10.1 Å². The molecule has 0 unspecified atom stereocenters. The molecule has 0 fully saturated rings. The fourth-order valence-electron chi connectivity index (χ4n) is 1.77. The first kappa shape index (κ1) is 17.6.